The fourth-order valence-electron chi connectivity index (χ4n) is 3.75. The molecule has 0 spiro atoms. The molecule has 6 heteroatoms. The van der Waals surface area contributed by atoms with Gasteiger partial charge in [-0.15, -0.1) is 0 Å². The first-order valence-electron chi connectivity index (χ1n) is 9.33. The minimum atomic E-state index is 0.164. The van der Waals surface area contributed by atoms with Crippen molar-refractivity contribution in [2.24, 2.45) is 7.05 Å². The van der Waals surface area contributed by atoms with Crippen LogP contribution in [-0.4, -0.2) is 32.2 Å². The lowest BCUT2D eigenvalue weighted by atomic mass is 10.00. The maximum absolute atomic E-state index is 12.1. The summed E-state index contributed by atoms with van der Waals surface area (Å²) in [5, 5.41) is 5.24. The van der Waals surface area contributed by atoms with Crippen molar-refractivity contribution in [1.29, 1.82) is 0 Å². The molecule has 5 rings (SSSR count). The van der Waals surface area contributed by atoms with E-state index in [4.69, 9.17) is 0 Å². The van der Waals surface area contributed by atoms with Gasteiger partial charge in [0.25, 0.3) is 0 Å². The molecule has 0 unspecified atom stereocenters. The van der Waals surface area contributed by atoms with Crippen LogP contribution in [0.25, 0.3) is 33.2 Å². The fraction of sp³-hybridized carbons (Fsp3) is 0.182. The maximum atomic E-state index is 12.1. The van der Waals surface area contributed by atoms with Gasteiger partial charge in [0.05, 0.1) is 29.8 Å². The number of anilines is 1. The van der Waals surface area contributed by atoms with Crippen LogP contribution < -0.4 is 4.90 Å². The molecule has 1 aliphatic rings. The van der Waals surface area contributed by atoms with Gasteiger partial charge in [0.1, 0.15) is 0 Å². The first kappa shape index (κ1) is 16.6. The van der Waals surface area contributed by atoms with Crippen LogP contribution in [0.1, 0.15) is 12.8 Å². The molecule has 4 heterocycles. The zero-order chi connectivity index (χ0) is 19.1. The van der Waals surface area contributed by atoms with Gasteiger partial charge in [-0.2, -0.15) is 5.10 Å². The molecule has 1 aromatic carbocycles. The molecule has 1 amide bonds. The van der Waals surface area contributed by atoms with Crippen molar-refractivity contribution in [2.45, 2.75) is 12.8 Å². The smallest absolute Gasteiger partial charge is 0.227 e. The summed E-state index contributed by atoms with van der Waals surface area (Å²) in [6.07, 6.45) is 10.8. The standard InChI is InChI=1S/C22H19N5O/c1-26-14-17(10-25-26)15-4-6-16(7-5-15)20-12-23-13-21-19(20)9-18(11-24-21)27-8-2-3-22(27)28/h4-7,9-14H,2-3,8H2,1H3. The average Bonchev–Trinajstić information content (AvgIpc) is 3.35. The van der Waals surface area contributed by atoms with E-state index in [1.807, 2.05) is 30.5 Å². The number of carbonyl (C=O) groups excluding carboxylic acids is 1. The maximum Gasteiger partial charge on any atom is 0.227 e. The molecule has 0 atom stereocenters. The Balaban J connectivity index is 1.57. The molecule has 0 bridgehead atoms. The molecule has 1 fully saturated rings. The van der Waals surface area contributed by atoms with E-state index in [0.29, 0.717) is 6.42 Å². The van der Waals surface area contributed by atoms with E-state index in [2.05, 4.69) is 45.4 Å². The number of pyridine rings is 2. The Morgan fingerprint density at radius 1 is 0.964 bits per heavy atom. The lowest BCUT2D eigenvalue weighted by Gasteiger charge is -2.16. The highest BCUT2D eigenvalue weighted by Gasteiger charge is 2.22. The SMILES string of the molecule is Cn1cc(-c2ccc(-c3cncc4ncc(N5CCCC5=O)cc34)cc2)cn1. The number of hydrogen-bond acceptors (Lipinski definition) is 4. The van der Waals surface area contributed by atoms with Crippen molar-refractivity contribution in [3.05, 3.63) is 61.3 Å². The number of fused-ring (bicyclic) bond motifs is 1. The summed E-state index contributed by atoms with van der Waals surface area (Å²) in [5.74, 6) is 0.164. The van der Waals surface area contributed by atoms with Crippen LogP contribution in [0.5, 0.6) is 0 Å². The topological polar surface area (TPSA) is 63.9 Å². The van der Waals surface area contributed by atoms with Gasteiger partial charge in [-0.1, -0.05) is 24.3 Å². The number of amides is 1. The monoisotopic (exact) mass is 369 g/mol. The van der Waals surface area contributed by atoms with Gasteiger partial charge in [-0.05, 0) is 23.6 Å². The molecular formula is C22H19N5O. The second-order valence-electron chi connectivity index (χ2n) is 7.08. The summed E-state index contributed by atoms with van der Waals surface area (Å²) >= 11 is 0. The summed E-state index contributed by atoms with van der Waals surface area (Å²) in [6, 6.07) is 10.4. The lowest BCUT2D eigenvalue weighted by molar-refractivity contribution is -0.117. The van der Waals surface area contributed by atoms with E-state index < -0.39 is 0 Å². The molecule has 0 N–H and O–H groups in total. The summed E-state index contributed by atoms with van der Waals surface area (Å²) in [4.78, 5) is 22.8. The average molecular weight is 369 g/mol. The summed E-state index contributed by atoms with van der Waals surface area (Å²) in [5.41, 5.74) is 5.96. The number of nitrogens with zero attached hydrogens (tertiary/aromatic N) is 5. The van der Waals surface area contributed by atoms with E-state index >= 15 is 0 Å². The predicted molar refractivity (Wildman–Crippen MR) is 109 cm³/mol. The zero-order valence-corrected chi connectivity index (χ0v) is 15.5. The third kappa shape index (κ3) is 2.83. The van der Waals surface area contributed by atoms with Crippen molar-refractivity contribution in [2.75, 3.05) is 11.4 Å². The third-order valence-corrected chi connectivity index (χ3v) is 5.21. The van der Waals surface area contributed by atoms with Crippen molar-refractivity contribution in [1.82, 2.24) is 19.7 Å². The van der Waals surface area contributed by atoms with E-state index in [1.54, 1.807) is 17.1 Å². The van der Waals surface area contributed by atoms with Crippen LogP contribution in [0.4, 0.5) is 5.69 Å². The molecule has 4 aromatic rings. The van der Waals surface area contributed by atoms with Gasteiger partial charge in [0.15, 0.2) is 0 Å². The number of carbonyl (C=O) groups is 1. The van der Waals surface area contributed by atoms with Crippen LogP contribution >= 0.6 is 0 Å². The number of benzene rings is 1. The third-order valence-electron chi connectivity index (χ3n) is 5.21. The lowest BCUT2D eigenvalue weighted by Crippen LogP contribution is -2.23. The van der Waals surface area contributed by atoms with Gasteiger partial charge in [0, 0.05) is 48.9 Å². The molecule has 28 heavy (non-hydrogen) atoms. The Labute approximate surface area is 162 Å². The Hall–Kier alpha value is -3.54. The van der Waals surface area contributed by atoms with Crippen molar-refractivity contribution >= 4 is 22.5 Å². The Kier molecular flexibility index (Phi) is 3.90. The van der Waals surface area contributed by atoms with E-state index in [-0.39, 0.29) is 5.91 Å². The van der Waals surface area contributed by atoms with E-state index in [0.717, 1.165) is 51.8 Å². The molecule has 1 aliphatic heterocycles. The Bertz CT molecular complexity index is 1180. The molecule has 3 aromatic heterocycles. The molecule has 1 saturated heterocycles. The number of rotatable bonds is 3. The normalized spacial score (nSPS) is 14.2. The second kappa shape index (κ2) is 6.56. The highest BCUT2D eigenvalue weighted by atomic mass is 16.2. The zero-order valence-electron chi connectivity index (χ0n) is 15.5. The van der Waals surface area contributed by atoms with Gasteiger partial charge in [0.2, 0.25) is 5.91 Å². The van der Waals surface area contributed by atoms with E-state index in [9.17, 15) is 4.79 Å². The highest BCUT2D eigenvalue weighted by Crippen LogP contribution is 2.32. The minimum absolute atomic E-state index is 0.164. The molecule has 0 radical (unpaired) electrons. The van der Waals surface area contributed by atoms with E-state index in [1.165, 1.54) is 0 Å². The summed E-state index contributed by atoms with van der Waals surface area (Å²) in [6.45, 7) is 0.756. The second-order valence-corrected chi connectivity index (χ2v) is 7.08. The highest BCUT2D eigenvalue weighted by molar-refractivity contribution is 6.00. The van der Waals surface area contributed by atoms with Crippen LogP contribution in [0.15, 0.2) is 61.3 Å². The van der Waals surface area contributed by atoms with Crippen molar-refractivity contribution in [3.63, 3.8) is 0 Å². The van der Waals surface area contributed by atoms with Crippen LogP contribution in [0.3, 0.4) is 0 Å². The first-order chi connectivity index (χ1) is 13.7. The van der Waals surface area contributed by atoms with Crippen LogP contribution in [0.2, 0.25) is 0 Å². The quantitative estimate of drug-likeness (QED) is 0.551. The fourth-order valence-corrected chi connectivity index (χ4v) is 3.75. The van der Waals surface area contributed by atoms with Gasteiger partial charge < -0.3 is 4.90 Å². The minimum Gasteiger partial charge on any atom is -0.311 e. The number of aryl methyl sites for hydroxylation is 1. The molecular weight excluding hydrogens is 350 g/mol. The Morgan fingerprint density at radius 3 is 2.50 bits per heavy atom. The van der Waals surface area contributed by atoms with Crippen LogP contribution in [0, 0.1) is 0 Å². The predicted octanol–water partition coefficient (Wildman–Crippen LogP) is 3.82. The number of aromatic nitrogens is 4. The summed E-state index contributed by atoms with van der Waals surface area (Å²) < 4.78 is 1.80. The molecule has 0 aliphatic carbocycles. The largest absolute Gasteiger partial charge is 0.311 e. The van der Waals surface area contributed by atoms with Gasteiger partial charge in [-0.25, -0.2) is 0 Å². The summed E-state index contributed by atoms with van der Waals surface area (Å²) in [7, 11) is 1.91. The van der Waals surface area contributed by atoms with Gasteiger partial charge in [-0.3, -0.25) is 19.4 Å². The van der Waals surface area contributed by atoms with Gasteiger partial charge >= 0.3 is 0 Å². The first-order valence-corrected chi connectivity index (χ1v) is 9.33. The van der Waals surface area contributed by atoms with Crippen LogP contribution in [-0.2, 0) is 11.8 Å². The Morgan fingerprint density at radius 2 is 1.79 bits per heavy atom. The molecule has 6 nitrogen and oxygen atoms in total. The molecule has 0 saturated carbocycles. The molecule has 138 valence electrons. The van der Waals surface area contributed by atoms with Crippen molar-refractivity contribution in [3.8, 4) is 22.3 Å². The van der Waals surface area contributed by atoms with Crippen molar-refractivity contribution < 1.29 is 4.79 Å². The number of hydrogen-bond donors (Lipinski definition) is 0.